The molecular weight excluding hydrogens is 623 g/mol. The number of alkyl halides is 3. The quantitative estimate of drug-likeness (QED) is 0.264. The van der Waals surface area contributed by atoms with Crippen LogP contribution < -0.4 is 25.4 Å². The van der Waals surface area contributed by atoms with Crippen molar-refractivity contribution in [1.29, 1.82) is 0 Å². The summed E-state index contributed by atoms with van der Waals surface area (Å²) in [6.07, 6.45) is 6.45. The summed E-state index contributed by atoms with van der Waals surface area (Å²) >= 11 is 1.84. The molecule has 5 heterocycles. The van der Waals surface area contributed by atoms with E-state index in [0.717, 1.165) is 58.2 Å². The molecule has 12 heteroatoms. The van der Waals surface area contributed by atoms with Crippen molar-refractivity contribution in [2.24, 2.45) is 17.3 Å². The summed E-state index contributed by atoms with van der Waals surface area (Å²) in [7, 11) is 0. The molecule has 5 fully saturated rings. The number of piperidine rings is 2. The maximum Gasteiger partial charge on any atom is 0.394 e. The number of fused-ring (bicyclic) bond motifs is 6. The Labute approximate surface area is 281 Å². The predicted octanol–water partition coefficient (Wildman–Crippen LogP) is 6.36. The molecule has 4 N–H and O–H groups in total. The van der Waals surface area contributed by atoms with Crippen LogP contribution in [-0.2, 0) is 0 Å². The van der Waals surface area contributed by atoms with Gasteiger partial charge in [0.1, 0.15) is 6.17 Å². The Balaban J connectivity index is 1.07. The van der Waals surface area contributed by atoms with E-state index in [2.05, 4.69) is 74.9 Å². The van der Waals surface area contributed by atoms with Gasteiger partial charge in [0, 0.05) is 43.4 Å². The van der Waals surface area contributed by atoms with Crippen LogP contribution in [0, 0.1) is 17.3 Å². The van der Waals surface area contributed by atoms with E-state index in [9.17, 15) is 13.2 Å². The lowest BCUT2D eigenvalue weighted by Crippen LogP contribution is -2.60. The summed E-state index contributed by atoms with van der Waals surface area (Å²) in [6.45, 7) is 7.77. The molecule has 0 amide bonds. The Bertz CT molecular complexity index is 1320. The van der Waals surface area contributed by atoms with Crippen molar-refractivity contribution in [3.05, 3.63) is 48.2 Å². The Kier molecular flexibility index (Phi) is 9.90. The molecule has 5 aliphatic rings. The molecule has 0 spiro atoms. The van der Waals surface area contributed by atoms with Gasteiger partial charge in [-0.25, -0.2) is 0 Å². The van der Waals surface area contributed by atoms with Crippen LogP contribution in [0.5, 0.6) is 5.88 Å². The highest BCUT2D eigenvalue weighted by molar-refractivity contribution is 7.98. The predicted molar refractivity (Wildman–Crippen MR) is 180 cm³/mol. The van der Waals surface area contributed by atoms with Gasteiger partial charge in [0.2, 0.25) is 5.88 Å². The van der Waals surface area contributed by atoms with E-state index in [4.69, 9.17) is 4.74 Å². The first kappa shape index (κ1) is 33.7. The average molecular weight is 676 g/mol. The second kappa shape index (κ2) is 13.8. The van der Waals surface area contributed by atoms with Crippen molar-refractivity contribution in [3.63, 3.8) is 0 Å². The molecule has 0 radical (unpaired) electrons. The Morgan fingerprint density at radius 1 is 1.02 bits per heavy atom. The molecule has 4 saturated heterocycles. The van der Waals surface area contributed by atoms with Crippen LogP contribution in [0.25, 0.3) is 0 Å². The first-order valence-corrected chi connectivity index (χ1v) is 18.7. The molecule has 47 heavy (non-hydrogen) atoms. The molecule has 8 atom stereocenters. The summed E-state index contributed by atoms with van der Waals surface area (Å²) in [5.74, 6) is 1.85. The van der Waals surface area contributed by atoms with Crippen LogP contribution in [0.2, 0.25) is 0 Å². The summed E-state index contributed by atoms with van der Waals surface area (Å²) in [6, 6.07) is 12.8. The molecule has 1 aromatic heterocycles. The highest BCUT2D eigenvalue weighted by Crippen LogP contribution is 2.59. The van der Waals surface area contributed by atoms with E-state index in [1.54, 1.807) is 6.07 Å². The lowest BCUT2D eigenvalue weighted by Gasteiger charge is -2.47. The molecule has 4 aliphatic heterocycles. The highest BCUT2D eigenvalue weighted by atomic mass is 32.2. The van der Waals surface area contributed by atoms with Crippen molar-refractivity contribution in [2.75, 3.05) is 26.2 Å². The Morgan fingerprint density at radius 2 is 1.85 bits per heavy atom. The van der Waals surface area contributed by atoms with E-state index in [1.165, 1.54) is 12.0 Å². The van der Waals surface area contributed by atoms with Gasteiger partial charge in [-0.15, -0.1) is 5.10 Å². The molecule has 1 saturated carbocycles. The molecular formula is C35H52F3N7OS. The number of halogens is 3. The van der Waals surface area contributed by atoms with E-state index >= 15 is 0 Å². The van der Waals surface area contributed by atoms with Crippen LogP contribution in [0.15, 0.2) is 42.6 Å². The summed E-state index contributed by atoms with van der Waals surface area (Å²) in [5, 5.41) is 16.8. The van der Waals surface area contributed by atoms with Gasteiger partial charge in [0.25, 0.3) is 0 Å². The standard InChI is InChI=1S/C35H52F3N7OS/c1-33(2)20-24-19-27(25-7-4-3-5-8-25)21-39-28-9-6-10-31(41-28)47-40-22-26-11-12-29(42-32(26)44(33)23-24)45-17-13-30(43-45)46-18-16-34(14-15-34)35(36,37)38/h3-5,7-8,13,17,24,26-29,31-32,39-42H,6,9-12,14-16,18-23H2,1-2H3. The van der Waals surface area contributed by atoms with Crippen LogP contribution in [0.3, 0.4) is 0 Å². The SMILES string of the molecule is CC1(C)CC2CC(c3ccccc3)CNC3CCCC(N3)SNCC3CCC(n4ccc(OCCC5(C(F)(F)F)CC5)n4)NC3N1C2. The second-order valence-electron chi connectivity index (χ2n) is 15.4. The van der Waals surface area contributed by atoms with E-state index in [0.29, 0.717) is 35.2 Å². The van der Waals surface area contributed by atoms with E-state index < -0.39 is 11.6 Å². The molecule has 7 rings (SSSR count). The maximum atomic E-state index is 13.4. The minimum absolute atomic E-state index is 0.00910. The van der Waals surface area contributed by atoms with Crippen molar-refractivity contribution < 1.29 is 17.9 Å². The third-order valence-corrected chi connectivity index (χ3v) is 12.6. The molecule has 260 valence electrons. The first-order chi connectivity index (χ1) is 22.6. The molecule has 4 bridgehead atoms. The highest BCUT2D eigenvalue weighted by Gasteiger charge is 2.62. The molecule has 8 unspecified atom stereocenters. The van der Waals surface area contributed by atoms with Crippen LogP contribution in [0.1, 0.15) is 95.7 Å². The fraction of sp³-hybridized carbons (Fsp3) is 0.743. The zero-order valence-corrected chi connectivity index (χ0v) is 28.6. The van der Waals surface area contributed by atoms with Crippen molar-refractivity contribution in [3.8, 4) is 5.88 Å². The Hall–Kier alpha value is -1.83. The van der Waals surface area contributed by atoms with Crippen molar-refractivity contribution >= 4 is 11.9 Å². The monoisotopic (exact) mass is 675 g/mol. The summed E-state index contributed by atoms with van der Waals surface area (Å²) in [5.41, 5.74) is -0.102. The second-order valence-corrected chi connectivity index (χ2v) is 16.5. The van der Waals surface area contributed by atoms with Gasteiger partial charge in [-0.3, -0.25) is 24.9 Å². The summed E-state index contributed by atoms with van der Waals surface area (Å²) < 4.78 is 51.6. The number of nitrogens with zero attached hydrogens (tertiary/aromatic N) is 3. The van der Waals surface area contributed by atoms with Crippen LogP contribution in [0.4, 0.5) is 13.2 Å². The van der Waals surface area contributed by atoms with E-state index in [-0.39, 0.29) is 43.7 Å². The molecule has 1 aliphatic carbocycles. The zero-order chi connectivity index (χ0) is 32.6. The number of aromatic nitrogens is 2. The van der Waals surface area contributed by atoms with Crippen LogP contribution >= 0.6 is 11.9 Å². The normalized spacial score (nSPS) is 35.7. The lowest BCUT2D eigenvalue weighted by atomic mass is 9.85. The van der Waals surface area contributed by atoms with Gasteiger partial charge in [-0.05, 0) is 95.5 Å². The minimum Gasteiger partial charge on any atom is -0.477 e. The number of rotatable bonds is 6. The third-order valence-electron chi connectivity index (χ3n) is 11.6. The topological polar surface area (TPSA) is 78.4 Å². The van der Waals surface area contributed by atoms with Crippen molar-refractivity contribution in [1.82, 2.24) is 35.4 Å². The maximum absolute atomic E-state index is 13.4. The largest absolute Gasteiger partial charge is 0.477 e. The minimum atomic E-state index is -4.16. The van der Waals surface area contributed by atoms with Gasteiger partial charge in [0.15, 0.2) is 0 Å². The van der Waals surface area contributed by atoms with Crippen LogP contribution in [-0.4, -0.2) is 70.3 Å². The fourth-order valence-corrected chi connectivity index (χ4v) is 9.71. The number of ether oxygens (including phenoxy) is 1. The first-order valence-electron chi connectivity index (χ1n) is 17.8. The zero-order valence-electron chi connectivity index (χ0n) is 27.8. The molecule has 8 nitrogen and oxygen atoms in total. The average Bonchev–Trinajstić information content (AvgIpc) is 3.60. The third kappa shape index (κ3) is 7.67. The van der Waals surface area contributed by atoms with Gasteiger partial charge >= 0.3 is 6.18 Å². The smallest absolute Gasteiger partial charge is 0.394 e. The van der Waals surface area contributed by atoms with Gasteiger partial charge < -0.3 is 10.1 Å². The van der Waals surface area contributed by atoms with Crippen molar-refractivity contribution in [2.45, 2.75) is 120 Å². The Morgan fingerprint density at radius 3 is 2.64 bits per heavy atom. The van der Waals surface area contributed by atoms with Gasteiger partial charge in [0.05, 0.1) is 29.7 Å². The lowest BCUT2D eigenvalue weighted by molar-refractivity contribution is -0.190. The number of hydrogen-bond donors (Lipinski definition) is 4. The van der Waals surface area contributed by atoms with E-state index in [1.807, 2.05) is 22.8 Å². The fourth-order valence-electron chi connectivity index (χ4n) is 8.68. The van der Waals surface area contributed by atoms with Gasteiger partial charge in [-0.2, -0.15) is 13.2 Å². The number of nitrogens with one attached hydrogen (secondary N) is 4. The summed E-state index contributed by atoms with van der Waals surface area (Å²) in [4.78, 5) is 2.72. The van der Waals surface area contributed by atoms with Gasteiger partial charge in [-0.1, -0.05) is 42.3 Å². The number of hydrogen-bond acceptors (Lipinski definition) is 8. The number of benzene rings is 1. The molecule has 2 aromatic rings. The molecule has 1 aromatic carbocycles.